The van der Waals surface area contributed by atoms with Crippen LogP contribution in [0.3, 0.4) is 0 Å². The highest BCUT2D eigenvalue weighted by Crippen LogP contribution is 2.27. The lowest BCUT2D eigenvalue weighted by molar-refractivity contribution is -0.0460. The second-order valence-electron chi connectivity index (χ2n) is 8.70. The molecule has 1 aliphatic carbocycles. The fourth-order valence-electron chi connectivity index (χ4n) is 3.54. The number of hydrogen-bond donors (Lipinski definition) is 0. The summed E-state index contributed by atoms with van der Waals surface area (Å²) in [6.07, 6.45) is 2.67. The molecule has 2 aliphatic rings. The molecule has 1 aromatic carbocycles. The van der Waals surface area contributed by atoms with Gasteiger partial charge in [0.2, 0.25) is 0 Å². The molecule has 30 heavy (non-hydrogen) atoms. The van der Waals surface area contributed by atoms with Crippen LogP contribution >= 0.6 is 0 Å². The van der Waals surface area contributed by atoms with Crippen molar-refractivity contribution in [2.24, 2.45) is 0 Å². The number of rotatable bonds is 6. The number of amides is 1. The molecule has 1 saturated heterocycles. The molecule has 0 unspecified atom stereocenters. The topological polar surface area (TPSA) is 91.4 Å². The van der Waals surface area contributed by atoms with Crippen LogP contribution in [-0.2, 0) is 35.3 Å². The van der Waals surface area contributed by atoms with E-state index in [4.69, 9.17) is 18.4 Å². The van der Waals surface area contributed by atoms with Gasteiger partial charge in [0.25, 0.3) is 0 Å². The summed E-state index contributed by atoms with van der Waals surface area (Å²) in [5, 5.41) is 0. The molecule has 1 atom stereocenters. The first-order valence-corrected chi connectivity index (χ1v) is 11.7. The number of ether oxygens (including phenoxy) is 3. The molecule has 0 spiro atoms. The van der Waals surface area contributed by atoms with Gasteiger partial charge in [-0.2, -0.15) is 12.7 Å². The standard InChI is InChI=1S/C21H31NO7S/c1-21(2,3)29-20(23)22-17(15-28-30(22,24)25)14-27-19-11-9-18(10-12-19)26-13-16-7-5-4-6-8-16/h4-8,17-19H,9-15H2,1-3H3/t17-,18-,19-/m1/s1. The van der Waals surface area contributed by atoms with E-state index in [-0.39, 0.29) is 25.4 Å². The molecule has 9 heteroatoms. The second-order valence-corrected chi connectivity index (χ2v) is 10.2. The van der Waals surface area contributed by atoms with Crippen molar-refractivity contribution in [3.8, 4) is 0 Å². The van der Waals surface area contributed by atoms with Crippen LogP contribution < -0.4 is 0 Å². The number of nitrogens with zero attached hydrogens (tertiary/aromatic N) is 1. The minimum atomic E-state index is -4.14. The normalized spacial score (nSPS) is 26.5. The van der Waals surface area contributed by atoms with E-state index in [9.17, 15) is 13.2 Å². The molecule has 3 rings (SSSR count). The largest absolute Gasteiger partial charge is 0.443 e. The summed E-state index contributed by atoms with van der Waals surface area (Å²) in [5.41, 5.74) is 0.346. The lowest BCUT2D eigenvalue weighted by atomic mass is 9.95. The van der Waals surface area contributed by atoms with Crippen LogP contribution in [0.2, 0.25) is 0 Å². The first-order valence-electron chi connectivity index (χ1n) is 10.3. The van der Waals surface area contributed by atoms with Crippen molar-refractivity contribution in [3.05, 3.63) is 35.9 Å². The van der Waals surface area contributed by atoms with Gasteiger partial charge in [0.15, 0.2) is 0 Å². The van der Waals surface area contributed by atoms with Crippen molar-refractivity contribution in [1.29, 1.82) is 0 Å². The van der Waals surface area contributed by atoms with E-state index in [1.54, 1.807) is 20.8 Å². The first kappa shape index (κ1) is 23.0. The molecule has 2 fully saturated rings. The highest BCUT2D eigenvalue weighted by Gasteiger charge is 2.45. The van der Waals surface area contributed by atoms with Crippen LogP contribution in [0, 0.1) is 0 Å². The molecule has 1 aliphatic heterocycles. The van der Waals surface area contributed by atoms with Crippen molar-refractivity contribution in [3.63, 3.8) is 0 Å². The van der Waals surface area contributed by atoms with Gasteiger partial charge in [-0.15, -0.1) is 0 Å². The molecule has 0 N–H and O–H groups in total. The van der Waals surface area contributed by atoms with Gasteiger partial charge in [-0.1, -0.05) is 30.3 Å². The third-order valence-corrected chi connectivity index (χ3v) is 6.39. The Hall–Kier alpha value is -1.68. The van der Waals surface area contributed by atoms with Crippen molar-refractivity contribution < 1.29 is 31.6 Å². The fourth-order valence-corrected chi connectivity index (χ4v) is 4.69. The summed E-state index contributed by atoms with van der Waals surface area (Å²) in [7, 11) is -4.14. The quantitative estimate of drug-likeness (QED) is 0.668. The van der Waals surface area contributed by atoms with Crippen molar-refractivity contribution in [2.75, 3.05) is 13.2 Å². The predicted octanol–water partition coefficient (Wildman–Crippen LogP) is 3.41. The van der Waals surface area contributed by atoms with Gasteiger partial charge in [-0.3, -0.25) is 4.18 Å². The highest BCUT2D eigenvalue weighted by atomic mass is 32.2. The molecule has 1 amide bonds. The Balaban J connectivity index is 1.44. The maximum absolute atomic E-state index is 12.3. The van der Waals surface area contributed by atoms with Crippen LogP contribution in [0.4, 0.5) is 4.79 Å². The summed E-state index contributed by atoms with van der Waals surface area (Å²) < 4.78 is 46.9. The van der Waals surface area contributed by atoms with Gasteiger partial charge < -0.3 is 14.2 Å². The molecular formula is C21H31NO7S. The Kier molecular flexibility index (Phi) is 7.38. The summed E-state index contributed by atoms with van der Waals surface area (Å²) >= 11 is 0. The molecule has 0 bridgehead atoms. The van der Waals surface area contributed by atoms with Crippen LogP contribution in [-0.4, -0.2) is 55.9 Å². The summed E-state index contributed by atoms with van der Waals surface area (Å²) in [5.74, 6) is 0. The van der Waals surface area contributed by atoms with Crippen molar-refractivity contribution >= 4 is 16.4 Å². The van der Waals surface area contributed by atoms with E-state index >= 15 is 0 Å². The van der Waals surface area contributed by atoms with E-state index in [0.29, 0.717) is 10.9 Å². The molecule has 0 radical (unpaired) electrons. The molecule has 1 heterocycles. The van der Waals surface area contributed by atoms with Gasteiger partial charge in [0, 0.05) is 0 Å². The highest BCUT2D eigenvalue weighted by molar-refractivity contribution is 7.85. The number of benzene rings is 1. The number of carbonyl (C=O) groups is 1. The second kappa shape index (κ2) is 9.64. The zero-order chi connectivity index (χ0) is 21.8. The van der Waals surface area contributed by atoms with Gasteiger partial charge in [-0.05, 0) is 52.0 Å². The number of carbonyl (C=O) groups excluding carboxylic acids is 1. The Morgan fingerprint density at radius 2 is 1.67 bits per heavy atom. The summed E-state index contributed by atoms with van der Waals surface area (Å²) in [6, 6.07) is 9.34. The van der Waals surface area contributed by atoms with E-state index in [2.05, 4.69) is 0 Å². The fraction of sp³-hybridized carbons (Fsp3) is 0.667. The SMILES string of the molecule is CC(C)(C)OC(=O)N1[C@H](CO[C@H]2CC[C@H](OCc3ccccc3)CC2)COS1(=O)=O. The maximum Gasteiger partial charge on any atom is 0.426 e. The van der Waals surface area contributed by atoms with E-state index in [0.717, 1.165) is 31.2 Å². The van der Waals surface area contributed by atoms with Crippen LogP contribution in [0.25, 0.3) is 0 Å². The molecule has 0 aromatic heterocycles. The average molecular weight is 442 g/mol. The first-order chi connectivity index (χ1) is 14.1. The van der Waals surface area contributed by atoms with E-state index < -0.39 is 28.0 Å². The van der Waals surface area contributed by atoms with E-state index in [1.165, 1.54) is 0 Å². The summed E-state index contributed by atoms with van der Waals surface area (Å²) in [6.45, 7) is 5.59. The van der Waals surface area contributed by atoms with E-state index in [1.807, 2.05) is 30.3 Å². The third kappa shape index (κ3) is 6.41. The minimum Gasteiger partial charge on any atom is -0.443 e. The van der Waals surface area contributed by atoms with Gasteiger partial charge >= 0.3 is 16.4 Å². The lowest BCUT2D eigenvalue weighted by Gasteiger charge is -2.30. The monoisotopic (exact) mass is 441 g/mol. The molecule has 168 valence electrons. The average Bonchev–Trinajstić information content (AvgIpc) is 2.99. The van der Waals surface area contributed by atoms with Crippen LogP contribution in [0.15, 0.2) is 30.3 Å². The van der Waals surface area contributed by atoms with Gasteiger partial charge in [-0.25, -0.2) is 4.79 Å². The van der Waals surface area contributed by atoms with Crippen LogP contribution in [0.1, 0.15) is 52.0 Å². The summed E-state index contributed by atoms with van der Waals surface area (Å²) in [4.78, 5) is 12.3. The minimum absolute atomic E-state index is 0.00497. The zero-order valence-corrected chi connectivity index (χ0v) is 18.6. The smallest absolute Gasteiger partial charge is 0.426 e. The molecule has 1 aromatic rings. The molecule has 8 nitrogen and oxygen atoms in total. The van der Waals surface area contributed by atoms with Gasteiger partial charge in [0.1, 0.15) is 11.6 Å². The maximum atomic E-state index is 12.3. The lowest BCUT2D eigenvalue weighted by Crippen LogP contribution is -2.45. The molecule has 1 saturated carbocycles. The molecular weight excluding hydrogens is 410 g/mol. The number of hydrogen-bond acceptors (Lipinski definition) is 7. The Bertz CT molecular complexity index is 798. The Labute approximate surface area is 178 Å². The third-order valence-electron chi connectivity index (χ3n) is 5.03. The Morgan fingerprint density at radius 1 is 1.07 bits per heavy atom. The van der Waals surface area contributed by atoms with Gasteiger partial charge in [0.05, 0.1) is 32.0 Å². The Morgan fingerprint density at radius 3 is 2.27 bits per heavy atom. The van der Waals surface area contributed by atoms with Crippen molar-refractivity contribution in [1.82, 2.24) is 4.31 Å². The van der Waals surface area contributed by atoms with Crippen LogP contribution in [0.5, 0.6) is 0 Å². The van der Waals surface area contributed by atoms with Crippen molar-refractivity contribution in [2.45, 2.75) is 76.9 Å². The predicted molar refractivity (Wildman–Crippen MR) is 110 cm³/mol. The zero-order valence-electron chi connectivity index (χ0n) is 17.8.